The molecule has 0 bridgehead atoms. The molecule has 0 radical (unpaired) electrons. The fourth-order valence-electron chi connectivity index (χ4n) is 6.76. The van der Waals surface area contributed by atoms with E-state index in [4.69, 9.17) is 28.8 Å². The van der Waals surface area contributed by atoms with Crippen LogP contribution in [0.3, 0.4) is 0 Å². The molecule has 2 aliphatic rings. The molecule has 0 saturated carbocycles. The van der Waals surface area contributed by atoms with Crippen LogP contribution in [0.4, 0.5) is 11.4 Å². The topological polar surface area (TPSA) is 49.2 Å². The first-order valence-corrected chi connectivity index (χ1v) is 15.2. The molecule has 0 spiro atoms. The lowest BCUT2D eigenvalue weighted by molar-refractivity contribution is 0.357. The predicted molar refractivity (Wildman–Crippen MR) is 172 cm³/mol. The highest BCUT2D eigenvalue weighted by molar-refractivity contribution is 7.80. The Morgan fingerprint density at radius 3 is 2.49 bits per heavy atom. The van der Waals surface area contributed by atoms with E-state index in [-0.39, 0.29) is 12.1 Å². The van der Waals surface area contributed by atoms with Gasteiger partial charge in [-0.3, -0.25) is 9.97 Å². The van der Waals surface area contributed by atoms with Crippen molar-refractivity contribution < 1.29 is 0 Å². The summed E-state index contributed by atoms with van der Waals surface area (Å²) in [6.45, 7) is 11.8. The summed E-state index contributed by atoms with van der Waals surface area (Å²) in [5.41, 5.74) is 7.82. The second kappa shape index (κ2) is 11.5. The van der Waals surface area contributed by atoms with E-state index < -0.39 is 0 Å². The molecule has 212 valence electrons. The molecular formula is C33H37ClN6S. The van der Waals surface area contributed by atoms with Crippen LogP contribution in [0.2, 0.25) is 5.02 Å². The van der Waals surface area contributed by atoms with E-state index in [0.29, 0.717) is 16.9 Å². The molecule has 5 heterocycles. The lowest BCUT2D eigenvalue weighted by atomic mass is 9.91. The Morgan fingerprint density at radius 1 is 1.00 bits per heavy atom. The monoisotopic (exact) mass is 584 g/mol. The molecule has 0 unspecified atom stereocenters. The van der Waals surface area contributed by atoms with Crippen LogP contribution in [-0.2, 0) is 6.54 Å². The Kier molecular flexibility index (Phi) is 7.75. The number of halogens is 1. The van der Waals surface area contributed by atoms with E-state index >= 15 is 0 Å². The molecule has 6 rings (SSSR count). The second-order valence-corrected chi connectivity index (χ2v) is 12.6. The zero-order valence-corrected chi connectivity index (χ0v) is 25.7. The van der Waals surface area contributed by atoms with E-state index in [1.54, 1.807) is 0 Å². The highest BCUT2D eigenvalue weighted by Crippen LogP contribution is 2.45. The zero-order valence-electron chi connectivity index (χ0n) is 24.1. The van der Waals surface area contributed by atoms with Crippen LogP contribution in [0.15, 0.2) is 73.2 Å². The minimum atomic E-state index is -0.113. The summed E-state index contributed by atoms with van der Waals surface area (Å²) in [5.74, 6) is 1.30. The molecule has 6 nitrogen and oxygen atoms in total. The SMILES string of the molecule is Cc1cc([C@@H]2[C@H](c3ccccn3)NC(=S)N2c2ccc(N3C[C@H](C)C[C@@H](C)C3)c(Cl)c2)c(C)n1Cc1cccnc1. The molecule has 2 fully saturated rings. The summed E-state index contributed by atoms with van der Waals surface area (Å²) >= 11 is 13.0. The minimum absolute atomic E-state index is 0.0943. The molecule has 0 aliphatic carbocycles. The number of hydrogen-bond acceptors (Lipinski definition) is 4. The molecule has 4 aromatic rings. The van der Waals surface area contributed by atoms with Crippen LogP contribution in [0, 0.1) is 25.7 Å². The molecule has 8 heteroatoms. The first-order valence-electron chi connectivity index (χ1n) is 14.4. The van der Waals surface area contributed by atoms with Gasteiger partial charge in [0.1, 0.15) is 0 Å². The normalized spacial score (nSPS) is 22.7. The molecule has 2 saturated heterocycles. The third-order valence-electron chi connectivity index (χ3n) is 8.51. The van der Waals surface area contributed by atoms with E-state index in [9.17, 15) is 0 Å². The Hall–Kier alpha value is -3.42. The van der Waals surface area contributed by atoms with Crippen molar-refractivity contribution in [1.82, 2.24) is 19.9 Å². The van der Waals surface area contributed by atoms with Gasteiger partial charge in [-0.2, -0.15) is 0 Å². The summed E-state index contributed by atoms with van der Waals surface area (Å²) in [5, 5.41) is 5.04. The highest BCUT2D eigenvalue weighted by atomic mass is 35.5. The molecule has 1 N–H and O–H groups in total. The Morgan fingerprint density at radius 2 is 1.80 bits per heavy atom. The van der Waals surface area contributed by atoms with Crippen LogP contribution in [0.25, 0.3) is 0 Å². The zero-order chi connectivity index (χ0) is 28.7. The Bertz CT molecular complexity index is 1530. The summed E-state index contributed by atoms with van der Waals surface area (Å²) in [4.78, 5) is 13.7. The third kappa shape index (κ3) is 5.45. The molecule has 1 aromatic carbocycles. The average molecular weight is 585 g/mol. The number of aryl methyl sites for hydroxylation is 1. The minimum Gasteiger partial charge on any atom is -0.370 e. The van der Waals surface area contributed by atoms with Crippen molar-refractivity contribution in [2.45, 2.75) is 52.7 Å². The number of aromatic nitrogens is 3. The summed E-state index contributed by atoms with van der Waals surface area (Å²) in [7, 11) is 0. The van der Waals surface area contributed by atoms with Crippen molar-refractivity contribution in [2.75, 3.05) is 22.9 Å². The smallest absolute Gasteiger partial charge is 0.174 e. The van der Waals surface area contributed by atoms with Gasteiger partial charge in [-0.25, -0.2) is 0 Å². The van der Waals surface area contributed by atoms with Crippen molar-refractivity contribution in [1.29, 1.82) is 0 Å². The molecular weight excluding hydrogens is 548 g/mol. The maximum atomic E-state index is 7.03. The molecule has 4 atom stereocenters. The fourth-order valence-corrected chi connectivity index (χ4v) is 7.40. The van der Waals surface area contributed by atoms with Crippen molar-refractivity contribution in [3.63, 3.8) is 0 Å². The van der Waals surface area contributed by atoms with Crippen LogP contribution < -0.4 is 15.1 Å². The van der Waals surface area contributed by atoms with Gasteiger partial charge in [0.25, 0.3) is 0 Å². The number of hydrogen-bond donors (Lipinski definition) is 1. The summed E-state index contributed by atoms with van der Waals surface area (Å²) in [6.07, 6.45) is 6.85. The number of pyridine rings is 2. The van der Waals surface area contributed by atoms with Gasteiger partial charge in [0.2, 0.25) is 0 Å². The number of nitrogens with zero attached hydrogens (tertiary/aromatic N) is 5. The van der Waals surface area contributed by atoms with Crippen molar-refractivity contribution in [3.05, 3.63) is 106 Å². The van der Waals surface area contributed by atoms with E-state index in [0.717, 1.165) is 41.7 Å². The third-order valence-corrected chi connectivity index (χ3v) is 9.13. The first kappa shape index (κ1) is 27.7. The van der Waals surface area contributed by atoms with E-state index in [1.165, 1.54) is 28.9 Å². The van der Waals surface area contributed by atoms with Gasteiger partial charge in [0.15, 0.2) is 5.11 Å². The number of piperidine rings is 1. The maximum Gasteiger partial charge on any atom is 0.174 e. The average Bonchev–Trinajstić information content (AvgIpc) is 3.44. The first-order chi connectivity index (χ1) is 19.8. The van der Waals surface area contributed by atoms with Gasteiger partial charge < -0.3 is 19.7 Å². The number of nitrogens with one attached hydrogen (secondary N) is 1. The van der Waals surface area contributed by atoms with Gasteiger partial charge in [-0.15, -0.1) is 0 Å². The number of rotatable bonds is 6. The van der Waals surface area contributed by atoms with Crippen LogP contribution in [-0.4, -0.2) is 32.7 Å². The number of anilines is 2. The standard InChI is InChI=1S/C33H37ClN6S/c1-21-14-22(2)19-38(18-21)30-11-10-26(16-28(30)34)40-32(31(37-33(40)41)29-9-5-6-13-36-29)27-15-23(3)39(24(27)4)20-25-8-7-12-35-17-25/h5-13,15-17,21-22,31-32H,14,18-20H2,1-4H3,(H,37,41)/t21-,22-,31+,32-/m1/s1. The van der Waals surface area contributed by atoms with Gasteiger partial charge in [0.05, 0.1) is 28.5 Å². The lowest BCUT2D eigenvalue weighted by Crippen LogP contribution is -2.38. The van der Waals surface area contributed by atoms with Gasteiger partial charge in [0, 0.05) is 55.3 Å². The lowest BCUT2D eigenvalue weighted by Gasteiger charge is -2.37. The largest absolute Gasteiger partial charge is 0.370 e. The Balaban J connectivity index is 1.40. The highest BCUT2D eigenvalue weighted by Gasteiger charge is 2.42. The van der Waals surface area contributed by atoms with Crippen molar-refractivity contribution >= 4 is 40.3 Å². The van der Waals surface area contributed by atoms with Gasteiger partial charge >= 0.3 is 0 Å². The van der Waals surface area contributed by atoms with Crippen LogP contribution in [0.5, 0.6) is 0 Å². The molecule has 2 aliphatic heterocycles. The van der Waals surface area contributed by atoms with Crippen molar-refractivity contribution in [3.8, 4) is 0 Å². The van der Waals surface area contributed by atoms with Gasteiger partial charge in [-0.05, 0) is 97.9 Å². The van der Waals surface area contributed by atoms with E-state index in [2.05, 4.69) is 88.8 Å². The quantitative estimate of drug-likeness (QED) is 0.241. The summed E-state index contributed by atoms with van der Waals surface area (Å²) < 4.78 is 2.36. The summed E-state index contributed by atoms with van der Waals surface area (Å²) in [6, 6.07) is 18.7. The second-order valence-electron chi connectivity index (χ2n) is 11.8. The van der Waals surface area contributed by atoms with E-state index in [1.807, 2.05) is 36.8 Å². The molecule has 3 aromatic heterocycles. The van der Waals surface area contributed by atoms with Crippen molar-refractivity contribution in [2.24, 2.45) is 11.8 Å². The number of thiocarbonyl (C=S) groups is 1. The number of benzene rings is 1. The van der Waals surface area contributed by atoms with Crippen LogP contribution in [0.1, 0.15) is 60.6 Å². The van der Waals surface area contributed by atoms with Gasteiger partial charge in [-0.1, -0.05) is 37.6 Å². The predicted octanol–water partition coefficient (Wildman–Crippen LogP) is 7.26. The fraction of sp³-hybridized carbons (Fsp3) is 0.364. The molecule has 0 amide bonds. The molecule has 41 heavy (non-hydrogen) atoms. The maximum absolute atomic E-state index is 7.03. The van der Waals surface area contributed by atoms with Crippen LogP contribution >= 0.6 is 23.8 Å². The Labute approximate surface area is 253 Å².